The van der Waals surface area contributed by atoms with Crippen LogP contribution in [0, 0.1) is 0 Å². The van der Waals surface area contributed by atoms with Crippen molar-refractivity contribution in [3.8, 4) is 34.5 Å². The fourth-order valence-corrected chi connectivity index (χ4v) is 2.69. The van der Waals surface area contributed by atoms with Crippen molar-refractivity contribution in [3.05, 3.63) is 41.5 Å². The summed E-state index contributed by atoms with van der Waals surface area (Å²) in [5, 5.41) is 0. The quantitative estimate of drug-likeness (QED) is 0.480. The van der Waals surface area contributed by atoms with Crippen molar-refractivity contribution in [2.45, 2.75) is 0 Å². The Morgan fingerprint density at radius 1 is 0.643 bits per heavy atom. The molecule has 28 heavy (non-hydrogen) atoms. The van der Waals surface area contributed by atoms with Gasteiger partial charge in [0.2, 0.25) is 0 Å². The van der Waals surface area contributed by atoms with E-state index in [1.54, 1.807) is 37.5 Å². The Kier molecular flexibility index (Phi) is 7.14. The number of ether oxygens (including phenoxy) is 6. The van der Waals surface area contributed by atoms with Gasteiger partial charge in [0.1, 0.15) is 40.1 Å². The van der Waals surface area contributed by atoms with Crippen LogP contribution in [0.3, 0.4) is 0 Å². The van der Waals surface area contributed by atoms with Gasteiger partial charge < -0.3 is 28.4 Å². The Labute approximate surface area is 164 Å². The van der Waals surface area contributed by atoms with Gasteiger partial charge in [-0.05, 0) is 12.2 Å². The fraction of sp³-hybridized carbons (Fsp3) is 0.286. The van der Waals surface area contributed by atoms with Crippen molar-refractivity contribution >= 4 is 11.9 Å². The van der Waals surface area contributed by atoms with Gasteiger partial charge in [-0.15, -0.1) is 0 Å². The zero-order valence-electron chi connectivity index (χ0n) is 16.8. The lowest BCUT2D eigenvalue weighted by molar-refractivity contribution is 0.104. The monoisotopic (exact) mass is 388 g/mol. The summed E-state index contributed by atoms with van der Waals surface area (Å²) in [4.78, 5) is 12.9. The molecule has 0 bridgehead atoms. The van der Waals surface area contributed by atoms with Crippen LogP contribution >= 0.6 is 0 Å². The normalized spacial score (nSPS) is 10.5. The largest absolute Gasteiger partial charge is 0.496 e. The molecule has 0 unspecified atom stereocenters. The minimum atomic E-state index is -0.309. The average Bonchev–Trinajstić information content (AvgIpc) is 2.75. The Balaban J connectivity index is 2.50. The molecule has 0 saturated heterocycles. The van der Waals surface area contributed by atoms with Gasteiger partial charge in [0.25, 0.3) is 0 Å². The van der Waals surface area contributed by atoms with Crippen LogP contribution in [-0.4, -0.2) is 48.4 Å². The van der Waals surface area contributed by atoms with Gasteiger partial charge in [0.05, 0.1) is 48.2 Å². The van der Waals surface area contributed by atoms with E-state index in [9.17, 15) is 4.79 Å². The second kappa shape index (κ2) is 9.55. The second-order valence-corrected chi connectivity index (χ2v) is 5.55. The summed E-state index contributed by atoms with van der Waals surface area (Å²) in [5.41, 5.74) is 0.888. The Hall–Kier alpha value is -3.35. The summed E-state index contributed by atoms with van der Waals surface area (Å²) in [6, 6.07) is 6.67. The van der Waals surface area contributed by atoms with Crippen LogP contribution in [0.1, 0.15) is 15.9 Å². The lowest BCUT2D eigenvalue weighted by Crippen LogP contribution is -2.03. The molecule has 0 atom stereocenters. The van der Waals surface area contributed by atoms with Gasteiger partial charge in [-0.1, -0.05) is 0 Å². The van der Waals surface area contributed by atoms with E-state index in [0.717, 1.165) is 0 Å². The van der Waals surface area contributed by atoms with Gasteiger partial charge in [-0.2, -0.15) is 0 Å². The molecule has 0 aromatic heterocycles. The third-order valence-corrected chi connectivity index (χ3v) is 4.12. The SMILES string of the molecule is COc1cc(OC)c(/C=C/C(=O)c2c(OC)cc(OC)cc2OC)c(OC)c1. The highest BCUT2D eigenvalue weighted by atomic mass is 16.5. The fourth-order valence-electron chi connectivity index (χ4n) is 2.69. The van der Waals surface area contributed by atoms with Crippen LogP contribution in [0.25, 0.3) is 6.08 Å². The van der Waals surface area contributed by atoms with E-state index >= 15 is 0 Å². The van der Waals surface area contributed by atoms with Crippen LogP contribution in [0.2, 0.25) is 0 Å². The molecule has 0 amide bonds. The first-order valence-corrected chi connectivity index (χ1v) is 8.35. The van der Waals surface area contributed by atoms with Crippen LogP contribution in [0.15, 0.2) is 30.3 Å². The zero-order chi connectivity index (χ0) is 20.7. The molecule has 0 spiro atoms. The predicted molar refractivity (Wildman–Crippen MR) is 106 cm³/mol. The highest BCUT2D eigenvalue weighted by Crippen LogP contribution is 2.37. The van der Waals surface area contributed by atoms with Gasteiger partial charge in [0, 0.05) is 24.3 Å². The van der Waals surface area contributed by atoms with Crippen molar-refractivity contribution in [3.63, 3.8) is 0 Å². The smallest absolute Gasteiger partial charge is 0.193 e. The van der Waals surface area contributed by atoms with E-state index in [2.05, 4.69) is 0 Å². The molecule has 0 aliphatic heterocycles. The van der Waals surface area contributed by atoms with E-state index < -0.39 is 0 Å². The predicted octanol–water partition coefficient (Wildman–Crippen LogP) is 3.63. The maximum atomic E-state index is 12.9. The van der Waals surface area contributed by atoms with Crippen molar-refractivity contribution in [2.75, 3.05) is 42.7 Å². The summed E-state index contributed by atoms with van der Waals surface area (Å²) in [6.45, 7) is 0. The summed E-state index contributed by atoms with van der Waals surface area (Å²) in [6.07, 6.45) is 3.02. The molecule has 0 aliphatic carbocycles. The third-order valence-electron chi connectivity index (χ3n) is 4.12. The summed E-state index contributed by atoms with van der Waals surface area (Å²) < 4.78 is 31.9. The molecule has 7 heteroatoms. The number of rotatable bonds is 9. The van der Waals surface area contributed by atoms with Crippen LogP contribution < -0.4 is 28.4 Å². The molecular formula is C21H24O7. The molecule has 7 nitrogen and oxygen atoms in total. The minimum Gasteiger partial charge on any atom is -0.496 e. The molecule has 0 aliphatic rings. The summed E-state index contributed by atoms with van der Waals surface area (Å²) in [5.74, 6) is 2.50. The molecule has 0 fully saturated rings. The van der Waals surface area contributed by atoms with Crippen LogP contribution in [0.5, 0.6) is 34.5 Å². The number of hydrogen-bond acceptors (Lipinski definition) is 7. The molecule has 2 aromatic rings. The van der Waals surface area contributed by atoms with E-state index in [0.29, 0.717) is 40.1 Å². The first-order valence-electron chi connectivity index (χ1n) is 8.35. The molecule has 0 heterocycles. The van der Waals surface area contributed by atoms with Crippen molar-refractivity contribution < 1.29 is 33.2 Å². The van der Waals surface area contributed by atoms with Crippen molar-refractivity contribution in [1.82, 2.24) is 0 Å². The molecule has 0 saturated carbocycles. The lowest BCUT2D eigenvalue weighted by atomic mass is 10.0. The van der Waals surface area contributed by atoms with E-state index in [4.69, 9.17) is 28.4 Å². The lowest BCUT2D eigenvalue weighted by Gasteiger charge is -2.14. The maximum absolute atomic E-state index is 12.9. The van der Waals surface area contributed by atoms with E-state index in [1.165, 1.54) is 41.6 Å². The number of benzene rings is 2. The van der Waals surface area contributed by atoms with E-state index in [1.807, 2.05) is 0 Å². The average molecular weight is 388 g/mol. The number of methoxy groups -OCH3 is 6. The number of ketones is 1. The highest BCUT2D eigenvalue weighted by Gasteiger charge is 2.19. The highest BCUT2D eigenvalue weighted by molar-refractivity contribution is 6.11. The first kappa shape index (κ1) is 21.0. The van der Waals surface area contributed by atoms with Gasteiger partial charge >= 0.3 is 0 Å². The van der Waals surface area contributed by atoms with Crippen molar-refractivity contribution in [1.29, 1.82) is 0 Å². The number of carbonyl (C=O) groups is 1. The molecule has 2 rings (SSSR count). The molecule has 0 radical (unpaired) electrons. The second-order valence-electron chi connectivity index (χ2n) is 5.55. The molecule has 0 N–H and O–H groups in total. The van der Waals surface area contributed by atoms with Crippen LogP contribution in [-0.2, 0) is 0 Å². The Morgan fingerprint density at radius 3 is 1.39 bits per heavy atom. The standard InChI is InChI=1S/C21H24O7/c1-23-13-9-17(25-3)15(18(10-13)26-4)7-8-16(22)21-19(27-5)11-14(24-2)12-20(21)28-6/h7-12H,1-6H3/b8-7+. The number of carbonyl (C=O) groups excluding carboxylic acids is 1. The Morgan fingerprint density at radius 2 is 1.04 bits per heavy atom. The molecule has 150 valence electrons. The summed E-state index contributed by atoms with van der Waals surface area (Å²) >= 11 is 0. The first-order chi connectivity index (χ1) is 13.5. The summed E-state index contributed by atoms with van der Waals surface area (Å²) in [7, 11) is 9.09. The van der Waals surface area contributed by atoms with Gasteiger partial charge in [-0.3, -0.25) is 4.79 Å². The minimum absolute atomic E-state index is 0.286. The van der Waals surface area contributed by atoms with Crippen LogP contribution in [0.4, 0.5) is 0 Å². The topological polar surface area (TPSA) is 72.5 Å². The molecular weight excluding hydrogens is 364 g/mol. The van der Waals surface area contributed by atoms with Crippen molar-refractivity contribution in [2.24, 2.45) is 0 Å². The third kappa shape index (κ3) is 4.31. The number of allylic oxidation sites excluding steroid dienone is 1. The zero-order valence-corrected chi connectivity index (χ0v) is 16.8. The number of hydrogen-bond donors (Lipinski definition) is 0. The van der Waals surface area contributed by atoms with E-state index in [-0.39, 0.29) is 11.3 Å². The Bertz CT molecular complexity index is 821. The van der Waals surface area contributed by atoms with Gasteiger partial charge in [-0.25, -0.2) is 0 Å². The maximum Gasteiger partial charge on any atom is 0.193 e. The van der Waals surface area contributed by atoms with Gasteiger partial charge in [0.15, 0.2) is 5.78 Å². The molecule has 2 aromatic carbocycles.